The maximum Gasteiger partial charge on any atom is 0.355 e. The van der Waals surface area contributed by atoms with E-state index in [9.17, 15) is 0 Å². The molecule has 1 aliphatic heterocycles. The van der Waals surface area contributed by atoms with Gasteiger partial charge in [-0.05, 0) is 31.2 Å². The zero-order valence-corrected chi connectivity index (χ0v) is 14.8. The van der Waals surface area contributed by atoms with Gasteiger partial charge in [-0.25, -0.2) is 0 Å². The third-order valence-corrected chi connectivity index (χ3v) is 6.04. The highest BCUT2D eigenvalue weighted by molar-refractivity contribution is 6.61. The smallest absolute Gasteiger partial charge is 0.355 e. The first kappa shape index (κ1) is 16.5. The number of hydrogen-bond acceptors (Lipinski definition) is 4. The van der Waals surface area contributed by atoms with Crippen molar-refractivity contribution in [1.29, 1.82) is 0 Å². The van der Waals surface area contributed by atoms with Gasteiger partial charge in [-0.3, -0.25) is 0 Å². The van der Waals surface area contributed by atoms with Crippen LogP contribution in [0.4, 0.5) is 0 Å². The molecule has 4 nitrogen and oxygen atoms in total. The fourth-order valence-corrected chi connectivity index (χ4v) is 3.93. The highest BCUT2D eigenvalue weighted by atomic mass is 28.3. The number of rotatable bonds is 6. The van der Waals surface area contributed by atoms with Crippen LogP contribution in [0.25, 0.3) is 0 Å². The van der Waals surface area contributed by atoms with Gasteiger partial charge in [0.2, 0.25) is 5.79 Å². The van der Waals surface area contributed by atoms with Crippen LogP contribution < -0.4 is 9.92 Å². The number of benzene rings is 1. The Morgan fingerprint density at radius 3 is 2.48 bits per heavy atom. The highest BCUT2D eigenvalue weighted by Crippen LogP contribution is 2.34. The van der Waals surface area contributed by atoms with Gasteiger partial charge < -0.3 is 18.3 Å². The molecule has 21 heavy (non-hydrogen) atoms. The van der Waals surface area contributed by atoms with Crippen molar-refractivity contribution in [3.05, 3.63) is 23.8 Å². The van der Waals surface area contributed by atoms with Crippen molar-refractivity contribution in [2.24, 2.45) is 5.92 Å². The standard InChI is InChI=1S/C16H26O4Si/c1-6-18-21(19-7-2)14-8-9-15-13(10-14)11-17-16(5,20-15)12(3)4/h8-10,12,21H,6-7,11H2,1-5H3. The van der Waals surface area contributed by atoms with Gasteiger partial charge in [0.25, 0.3) is 0 Å². The molecule has 0 amide bonds. The van der Waals surface area contributed by atoms with Crippen LogP contribution >= 0.6 is 0 Å². The maximum atomic E-state index is 6.05. The van der Waals surface area contributed by atoms with E-state index in [0.29, 0.717) is 25.7 Å². The summed E-state index contributed by atoms with van der Waals surface area (Å²) >= 11 is 0. The van der Waals surface area contributed by atoms with Crippen LogP contribution in [0.1, 0.15) is 40.2 Å². The summed E-state index contributed by atoms with van der Waals surface area (Å²) in [6.45, 7) is 12.1. The summed E-state index contributed by atoms with van der Waals surface area (Å²) in [5.74, 6) is 0.645. The van der Waals surface area contributed by atoms with Crippen molar-refractivity contribution in [3.8, 4) is 5.75 Å². The molecule has 0 fully saturated rings. The molecule has 1 unspecified atom stereocenters. The van der Waals surface area contributed by atoms with E-state index in [2.05, 4.69) is 26.0 Å². The van der Waals surface area contributed by atoms with Crippen LogP contribution in [0.15, 0.2) is 18.2 Å². The molecule has 1 heterocycles. The molecule has 1 aromatic rings. The topological polar surface area (TPSA) is 36.9 Å². The summed E-state index contributed by atoms with van der Waals surface area (Å²) < 4.78 is 23.5. The lowest BCUT2D eigenvalue weighted by Crippen LogP contribution is -2.44. The fourth-order valence-electron chi connectivity index (χ4n) is 2.26. The molecule has 0 spiro atoms. The van der Waals surface area contributed by atoms with Crippen LogP contribution in [0.5, 0.6) is 5.75 Å². The van der Waals surface area contributed by atoms with Crippen molar-refractivity contribution < 1.29 is 18.3 Å². The van der Waals surface area contributed by atoms with E-state index in [0.717, 1.165) is 16.5 Å². The third-order valence-electron chi connectivity index (χ3n) is 3.87. The lowest BCUT2D eigenvalue weighted by atomic mass is 10.0. The molecular formula is C16H26O4Si. The third kappa shape index (κ3) is 3.66. The molecule has 0 saturated carbocycles. The number of ether oxygens (including phenoxy) is 2. The molecule has 0 bridgehead atoms. The molecule has 2 rings (SSSR count). The highest BCUT2D eigenvalue weighted by Gasteiger charge is 2.36. The van der Waals surface area contributed by atoms with E-state index in [-0.39, 0.29) is 0 Å². The van der Waals surface area contributed by atoms with E-state index < -0.39 is 15.1 Å². The molecule has 1 aliphatic rings. The molecule has 0 aliphatic carbocycles. The molecule has 0 N–H and O–H groups in total. The van der Waals surface area contributed by atoms with Crippen LogP contribution in [-0.2, 0) is 20.2 Å². The van der Waals surface area contributed by atoms with E-state index >= 15 is 0 Å². The van der Waals surface area contributed by atoms with E-state index in [1.807, 2.05) is 26.8 Å². The summed E-state index contributed by atoms with van der Waals surface area (Å²) in [6.07, 6.45) is 0. The largest absolute Gasteiger partial charge is 0.462 e. The van der Waals surface area contributed by atoms with Crippen molar-refractivity contribution in [2.45, 2.75) is 47.0 Å². The minimum atomic E-state index is -1.81. The number of hydrogen-bond donors (Lipinski definition) is 0. The van der Waals surface area contributed by atoms with Crippen LogP contribution in [0.3, 0.4) is 0 Å². The van der Waals surface area contributed by atoms with Crippen molar-refractivity contribution in [3.63, 3.8) is 0 Å². The summed E-state index contributed by atoms with van der Waals surface area (Å²) in [4.78, 5) is 0. The monoisotopic (exact) mass is 310 g/mol. The summed E-state index contributed by atoms with van der Waals surface area (Å²) in [5, 5.41) is 1.14. The van der Waals surface area contributed by atoms with Crippen LogP contribution in [0.2, 0.25) is 0 Å². The normalized spacial score (nSPS) is 21.5. The van der Waals surface area contributed by atoms with Gasteiger partial charge in [0.1, 0.15) is 5.75 Å². The quantitative estimate of drug-likeness (QED) is 0.757. The molecule has 1 aromatic carbocycles. The lowest BCUT2D eigenvalue weighted by Gasteiger charge is -2.38. The molecule has 0 saturated heterocycles. The summed E-state index contributed by atoms with van der Waals surface area (Å²) in [7, 11) is -1.81. The zero-order valence-electron chi connectivity index (χ0n) is 13.6. The Morgan fingerprint density at radius 1 is 1.24 bits per heavy atom. The molecule has 0 radical (unpaired) electrons. The predicted molar refractivity (Wildman–Crippen MR) is 85.1 cm³/mol. The average molecular weight is 310 g/mol. The van der Waals surface area contributed by atoms with Crippen molar-refractivity contribution in [1.82, 2.24) is 0 Å². The van der Waals surface area contributed by atoms with Gasteiger partial charge in [-0.1, -0.05) is 19.9 Å². The van der Waals surface area contributed by atoms with E-state index in [4.69, 9.17) is 18.3 Å². The Morgan fingerprint density at radius 2 is 1.90 bits per heavy atom. The fraction of sp³-hybridized carbons (Fsp3) is 0.625. The second kappa shape index (κ2) is 6.92. The van der Waals surface area contributed by atoms with Gasteiger partial charge in [0, 0.05) is 31.6 Å². The van der Waals surface area contributed by atoms with Gasteiger partial charge in [-0.2, -0.15) is 0 Å². The Hall–Kier alpha value is -0.883. The Balaban J connectivity index is 2.21. The van der Waals surface area contributed by atoms with Gasteiger partial charge in [0.15, 0.2) is 0 Å². The molecule has 1 atom stereocenters. The van der Waals surface area contributed by atoms with Gasteiger partial charge in [-0.15, -0.1) is 0 Å². The van der Waals surface area contributed by atoms with Gasteiger partial charge >= 0.3 is 9.28 Å². The Kier molecular flexibility index (Phi) is 5.43. The second-order valence-electron chi connectivity index (χ2n) is 5.67. The summed E-state index contributed by atoms with van der Waals surface area (Å²) in [6, 6.07) is 6.19. The molecule has 5 heteroatoms. The van der Waals surface area contributed by atoms with Crippen LogP contribution in [-0.4, -0.2) is 28.3 Å². The minimum absolute atomic E-state index is 0.291. The first-order chi connectivity index (χ1) is 10.00. The minimum Gasteiger partial charge on any atom is -0.462 e. The van der Waals surface area contributed by atoms with Crippen molar-refractivity contribution in [2.75, 3.05) is 13.2 Å². The molecule has 118 valence electrons. The lowest BCUT2D eigenvalue weighted by molar-refractivity contribution is -0.219. The zero-order chi connectivity index (χ0) is 15.5. The maximum absolute atomic E-state index is 6.05. The first-order valence-electron chi connectivity index (χ1n) is 7.69. The summed E-state index contributed by atoms with van der Waals surface area (Å²) in [5.41, 5.74) is 1.07. The van der Waals surface area contributed by atoms with E-state index in [1.165, 1.54) is 0 Å². The van der Waals surface area contributed by atoms with Crippen LogP contribution in [0, 0.1) is 5.92 Å². The van der Waals surface area contributed by atoms with E-state index in [1.54, 1.807) is 0 Å². The second-order valence-corrected chi connectivity index (χ2v) is 7.67. The first-order valence-corrected chi connectivity index (χ1v) is 9.21. The number of fused-ring (bicyclic) bond motifs is 1. The van der Waals surface area contributed by atoms with Gasteiger partial charge in [0.05, 0.1) is 6.61 Å². The molecular weight excluding hydrogens is 284 g/mol. The molecule has 0 aromatic heterocycles. The SMILES string of the molecule is CCO[SiH](OCC)c1ccc2c(c1)COC(C)(C(C)C)O2. The average Bonchev–Trinajstić information content (AvgIpc) is 2.46. The Bertz CT molecular complexity index is 471. The Labute approximate surface area is 129 Å². The van der Waals surface area contributed by atoms with Crippen molar-refractivity contribution >= 4 is 14.5 Å². The predicted octanol–water partition coefficient (Wildman–Crippen LogP) is 2.47.